The average molecular weight is 307 g/mol. The predicted molar refractivity (Wildman–Crippen MR) is 89.7 cm³/mol. The maximum absolute atomic E-state index is 6.04. The Balaban J connectivity index is 2.27. The van der Waals surface area contributed by atoms with Gasteiger partial charge >= 0.3 is 0 Å². The molecule has 2 aromatic carbocycles. The minimum Gasteiger partial charge on any atom is -0.370 e. The molecule has 20 heavy (non-hydrogen) atoms. The van der Waals surface area contributed by atoms with Crippen molar-refractivity contribution in [2.24, 2.45) is 5.73 Å². The topological polar surface area (TPSA) is 29.3 Å². The van der Waals surface area contributed by atoms with Crippen molar-refractivity contribution < 1.29 is 0 Å². The van der Waals surface area contributed by atoms with Gasteiger partial charge in [-0.05, 0) is 36.1 Å². The maximum Gasteiger partial charge on any atom is 0.0426 e. The van der Waals surface area contributed by atoms with Crippen LogP contribution in [0.2, 0.25) is 5.02 Å². The molecule has 2 N–H and O–H groups in total. The summed E-state index contributed by atoms with van der Waals surface area (Å²) in [6, 6.07) is 14.3. The average Bonchev–Trinajstić information content (AvgIpc) is 2.46. The Hall–Kier alpha value is -1.16. The van der Waals surface area contributed by atoms with Gasteiger partial charge in [-0.1, -0.05) is 29.8 Å². The van der Waals surface area contributed by atoms with Crippen LogP contribution in [0.1, 0.15) is 11.1 Å². The summed E-state index contributed by atoms with van der Waals surface area (Å²) in [5.74, 6) is 0. The number of rotatable bonds is 5. The van der Waals surface area contributed by atoms with E-state index in [9.17, 15) is 0 Å². The first kappa shape index (κ1) is 15.2. The van der Waals surface area contributed by atoms with Crippen LogP contribution in [-0.4, -0.2) is 13.3 Å². The van der Waals surface area contributed by atoms with Crippen LogP contribution in [0.15, 0.2) is 47.4 Å². The zero-order valence-electron chi connectivity index (χ0n) is 11.8. The van der Waals surface area contributed by atoms with E-state index in [0.29, 0.717) is 6.54 Å². The van der Waals surface area contributed by atoms with Gasteiger partial charge in [0.05, 0.1) is 0 Å². The third-order valence-corrected chi connectivity index (χ3v) is 4.31. The van der Waals surface area contributed by atoms with E-state index in [1.54, 1.807) is 11.8 Å². The highest BCUT2D eigenvalue weighted by molar-refractivity contribution is 7.98. The molecule has 2 aromatic rings. The van der Waals surface area contributed by atoms with Gasteiger partial charge in [-0.15, -0.1) is 11.8 Å². The van der Waals surface area contributed by atoms with Crippen LogP contribution in [0.4, 0.5) is 5.69 Å². The Morgan fingerprint density at radius 1 is 1.20 bits per heavy atom. The molecule has 2 rings (SSSR count). The second-order valence-electron chi connectivity index (χ2n) is 4.65. The van der Waals surface area contributed by atoms with Gasteiger partial charge in [0.1, 0.15) is 0 Å². The number of thioether (sulfide) groups is 1. The predicted octanol–water partition coefficient (Wildman–Crippen LogP) is 4.16. The molecule has 2 nitrogen and oxygen atoms in total. The lowest BCUT2D eigenvalue weighted by atomic mass is 10.1. The molecule has 0 unspecified atom stereocenters. The fourth-order valence-electron chi connectivity index (χ4n) is 2.30. The molecule has 0 fully saturated rings. The molecule has 0 aliphatic carbocycles. The maximum atomic E-state index is 6.04. The Kier molecular flexibility index (Phi) is 5.35. The summed E-state index contributed by atoms with van der Waals surface area (Å²) in [4.78, 5) is 3.45. The number of benzene rings is 2. The normalized spacial score (nSPS) is 10.6. The van der Waals surface area contributed by atoms with Crippen LogP contribution >= 0.6 is 23.4 Å². The molecule has 0 atom stereocenters. The molecule has 0 amide bonds. The van der Waals surface area contributed by atoms with Crippen molar-refractivity contribution in [3.63, 3.8) is 0 Å². The summed E-state index contributed by atoms with van der Waals surface area (Å²) in [7, 11) is 2.08. The Labute approximate surface area is 129 Å². The van der Waals surface area contributed by atoms with Crippen LogP contribution in [0.25, 0.3) is 0 Å². The second-order valence-corrected chi connectivity index (χ2v) is 5.93. The largest absolute Gasteiger partial charge is 0.370 e. The van der Waals surface area contributed by atoms with Crippen molar-refractivity contribution in [2.45, 2.75) is 18.0 Å². The highest BCUT2D eigenvalue weighted by atomic mass is 35.5. The van der Waals surface area contributed by atoms with E-state index in [2.05, 4.69) is 42.5 Å². The molecule has 0 radical (unpaired) electrons. The third kappa shape index (κ3) is 3.48. The van der Waals surface area contributed by atoms with Gasteiger partial charge in [0, 0.05) is 41.3 Å². The standard InChI is InChI=1S/C16H19ClN2S/c1-19(11-12-5-3-6-13(17)9-12)15-7-4-8-16(20-2)14(15)10-18/h3-9H,10-11,18H2,1-2H3. The number of nitrogens with two attached hydrogens (primary N) is 1. The van der Waals surface area contributed by atoms with Gasteiger partial charge in [0.15, 0.2) is 0 Å². The molecular formula is C16H19ClN2S. The summed E-state index contributed by atoms with van der Waals surface area (Å²) in [5.41, 5.74) is 9.49. The molecule has 0 saturated heterocycles. The first-order valence-corrected chi connectivity index (χ1v) is 8.07. The lowest BCUT2D eigenvalue weighted by Crippen LogP contribution is -2.19. The lowest BCUT2D eigenvalue weighted by Gasteiger charge is -2.23. The van der Waals surface area contributed by atoms with Crippen LogP contribution in [-0.2, 0) is 13.1 Å². The molecule has 0 saturated carbocycles. The Morgan fingerprint density at radius 3 is 2.60 bits per heavy atom. The highest BCUT2D eigenvalue weighted by Gasteiger charge is 2.10. The Bertz CT molecular complexity index is 586. The molecule has 0 aromatic heterocycles. The van der Waals surface area contributed by atoms with E-state index in [1.165, 1.54) is 21.7 Å². The van der Waals surface area contributed by atoms with Crippen molar-refractivity contribution in [1.82, 2.24) is 0 Å². The van der Waals surface area contributed by atoms with Crippen molar-refractivity contribution in [3.05, 3.63) is 58.6 Å². The number of anilines is 1. The quantitative estimate of drug-likeness (QED) is 0.841. The van der Waals surface area contributed by atoms with E-state index in [1.807, 2.05) is 18.2 Å². The van der Waals surface area contributed by atoms with Crippen LogP contribution in [0, 0.1) is 0 Å². The van der Waals surface area contributed by atoms with Gasteiger partial charge in [-0.3, -0.25) is 0 Å². The molecule has 106 valence electrons. The summed E-state index contributed by atoms with van der Waals surface area (Å²) in [6.07, 6.45) is 2.08. The van der Waals surface area contributed by atoms with Crippen molar-refractivity contribution in [2.75, 3.05) is 18.2 Å². The first-order chi connectivity index (χ1) is 9.65. The van der Waals surface area contributed by atoms with Gasteiger partial charge in [0.25, 0.3) is 0 Å². The fraction of sp³-hybridized carbons (Fsp3) is 0.250. The zero-order chi connectivity index (χ0) is 14.5. The molecule has 0 aliphatic rings. The summed E-state index contributed by atoms with van der Waals surface area (Å²) in [6.45, 7) is 1.36. The van der Waals surface area contributed by atoms with Crippen molar-refractivity contribution >= 4 is 29.1 Å². The fourth-order valence-corrected chi connectivity index (χ4v) is 3.16. The molecular weight excluding hydrogens is 288 g/mol. The first-order valence-electron chi connectivity index (χ1n) is 6.47. The van der Waals surface area contributed by atoms with E-state index < -0.39 is 0 Å². The van der Waals surface area contributed by atoms with E-state index in [4.69, 9.17) is 17.3 Å². The molecule has 0 bridgehead atoms. The molecule has 4 heteroatoms. The van der Waals surface area contributed by atoms with E-state index in [-0.39, 0.29) is 0 Å². The van der Waals surface area contributed by atoms with Gasteiger partial charge in [0.2, 0.25) is 0 Å². The van der Waals surface area contributed by atoms with Crippen LogP contribution in [0.3, 0.4) is 0 Å². The van der Waals surface area contributed by atoms with Gasteiger partial charge in [-0.25, -0.2) is 0 Å². The van der Waals surface area contributed by atoms with E-state index >= 15 is 0 Å². The second kappa shape index (κ2) is 7.02. The lowest BCUT2D eigenvalue weighted by molar-refractivity contribution is 0.894. The minimum absolute atomic E-state index is 0.548. The van der Waals surface area contributed by atoms with Crippen molar-refractivity contribution in [3.8, 4) is 0 Å². The zero-order valence-corrected chi connectivity index (χ0v) is 13.3. The SMILES string of the molecule is CSc1cccc(N(C)Cc2cccc(Cl)c2)c1CN. The van der Waals surface area contributed by atoms with Gasteiger partial charge in [-0.2, -0.15) is 0 Å². The molecule has 0 heterocycles. The molecule has 0 aliphatic heterocycles. The minimum atomic E-state index is 0.548. The summed E-state index contributed by atoms with van der Waals surface area (Å²) >= 11 is 7.77. The van der Waals surface area contributed by atoms with E-state index in [0.717, 1.165) is 11.6 Å². The van der Waals surface area contributed by atoms with Crippen molar-refractivity contribution in [1.29, 1.82) is 0 Å². The number of hydrogen-bond donors (Lipinski definition) is 1. The van der Waals surface area contributed by atoms with Crippen LogP contribution < -0.4 is 10.6 Å². The monoisotopic (exact) mass is 306 g/mol. The number of hydrogen-bond acceptors (Lipinski definition) is 3. The summed E-state index contributed by atoms with van der Waals surface area (Å²) in [5, 5.41) is 0.771. The number of halogens is 1. The third-order valence-electron chi connectivity index (χ3n) is 3.25. The highest BCUT2D eigenvalue weighted by Crippen LogP contribution is 2.29. The number of nitrogens with zero attached hydrogens (tertiary/aromatic N) is 1. The van der Waals surface area contributed by atoms with Gasteiger partial charge < -0.3 is 10.6 Å². The molecule has 0 spiro atoms. The Morgan fingerprint density at radius 2 is 1.95 bits per heavy atom. The smallest absolute Gasteiger partial charge is 0.0426 e. The van der Waals surface area contributed by atoms with Crippen LogP contribution in [0.5, 0.6) is 0 Å². The summed E-state index contributed by atoms with van der Waals surface area (Å²) < 4.78 is 0.